The van der Waals surface area contributed by atoms with Crippen LogP contribution in [0.1, 0.15) is 56.0 Å². The Morgan fingerprint density at radius 1 is 1.21 bits per heavy atom. The molecule has 102 valence electrons. The Hall–Kier alpha value is -1.82. The summed E-state index contributed by atoms with van der Waals surface area (Å²) in [5.41, 5.74) is 2.01. The van der Waals surface area contributed by atoms with Crippen LogP contribution in [0.5, 0.6) is 0 Å². The molecule has 0 spiro atoms. The number of carbonyl (C=O) groups is 1. The molecule has 0 saturated carbocycles. The van der Waals surface area contributed by atoms with E-state index < -0.39 is 0 Å². The smallest absolute Gasteiger partial charge is 0.251 e. The van der Waals surface area contributed by atoms with Crippen molar-refractivity contribution in [2.45, 2.75) is 45.4 Å². The van der Waals surface area contributed by atoms with Gasteiger partial charge in [0.25, 0.3) is 5.91 Å². The van der Waals surface area contributed by atoms with Crippen molar-refractivity contribution >= 4 is 5.91 Å². The van der Waals surface area contributed by atoms with Crippen molar-refractivity contribution in [2.24, 2.45) is 0 Å². The summed E-state index contributed by atoms with van der Waals surface area (Å²) in [4.78, 5) is 11.9. The van der Waals surface area contributed by atoms with Crippen LogP contribution in [0.2, 0.25) is 0 Å². The van der Waals surface area contributed by atoms with Gasteiger partial charge in [-0.15, -0.1) is 0 Å². The molecule has 0 aromatic heterocycles. The lowest BCUT2D eigenvalue weighted by Crippen LogP contribution is -2.24. The van der Waals surface area contributed by atoms with E-state index in [1.807, 2.05) is 24.3 Å². The molecule has 0 aliphatic rings. The van der Waals surface area contributed by atoms with Gasteiger partial charge in [0.05, 0.1) is 6.07 Å². The third-order valence-electron chi connectivity index (χ3n) is 3.01. The fourth-order valence-corrected chi connectivity index (χ4v) is 1.75. The van der Waals surface area contributed by atoms with E-state index >= 15 is 0 Å². The molecule has 0 aliphatic heterocycles. The van der Waals surface area contributed by atoms with Crippen molar-refractivity contribution in [3.05, 3.63) is 35.4 Å². The highest BCUT2D eigenvalue weighted by molar-refractivity contribution is 5.94. The van der Waals surface area contributed by atoms with Crippen LogP contribution in [0.4, 0.5) is 0 Å². The molecule has 0 unspecified atom stereocenters. The molecule has 1 N–H and O–H groups in total. The van der Waals surface area contributed by atoms with Crippen LogP contribution in [0.15, 0.2) is 24.3 Å². The fourth-order valence-electron chi connectivity index (χ4n) is 1.75. The van der Waals surface area contributed by atoms with Gasteiger partial charge >= 0.3 is 0 Å². The average molecular weight is 258 g/mol. The molecule has 1 aromatic carbocycles. The Labute approximate surface area is 115 Å². The molecule has 3 heteroatoms. The fraction of sp³-hybridized carbons (Fsp3) is 0.500. The Kier molecular flexibility index (Phi) is 5.57. The van der Waals surface area contributed by atoms with E-state index in [4.69, 9.17) is 5.26 Å². The van der Waals surface area contributed by atoms with Crippen molar-refractivity contribution in [3.8, 4) is 6.07 Å². The molecule has 0 saturated heterocycles. The standard InChI is InChI=1S/C16H22N2O/c1-16(2,3)14-9-7-13(8-10-14)15(19)18-12-6-4-5-11-17/h7-10H,4-6,12H2,1-3H3,(H,18,19). The van der Waals surface area contributed by atoms with Gasteiger partial charge in [-0.1, -0.05) is 32.9 Å². The van der Waals surface area contributed by atoms with Crippen LogP contribution in [0.25, 0.3) is 0 Å². The summed E-state index contributed by atoms with van der Waals surface area (Å²) in [6.07, 6.45) is 2.23. The van der Waals surface area contributed by atoms with Crippen molar-refractivity contribution < 1.29 is 4.79 Å². The zero-order valence-electron chi connectivity index (χ0n) is 12.0. The normalized spacial score (nSPS) is 10.8. The molecule has 0 radical (unpaired) electrons. The van der Waals surface area contributed by atoms with Gasteiger partial charge < -0.3 is 5.32 Å². The van der Waals surface area contributed by atoms with Crippen molar-refractivity contribution in [2.75, 3.05) is 6.54 Å². The van der Waals surface area contributed by atoms with Crippen LogP contribution in [0, 0.1) is 11.3 Å². The SMILES string of the molecule is CC(C)(C)c1ccc(C(=O)NCCCCC#N)cc1. The van der Waals surface area contributed by atoms with E-state index in [-0.39, 0.29) is 11.3 Å². The molecular formula is C16H22N2O. The number of unbranched alkanes of at least 4 members (excludes halogenated alkanes) is 2. The molecule has 0 bridgehead atoms. The van der Waals surface area contributed by atoms with Gasteiger partial charge in [-0.3, -0.25) is 4.79 Å². The van der Waals surface area contributed by atoms with Crippen LogP contribution in [0.3, 0.4) is 0 Å². The summed E-state index contributed by atoms with van der Waals surface area (Å²) in [5.74, 6) is -0.0441. The number of rotatable bonds is 5. The lowest BCUT2D eigenvalue weighted by atomic mass is 9.87. The highest BCUT2D eigenvalue weighted by Crippen LogP contribution is 2.22. The predicted octanol–water partition coefficient (Wildman–Crippen LogP) is 3.41. The molecule has 0 aliphatic carbocycles. The maximum absolute atomic E-state index is 11.9. The van der Waals surface area contributed by atoms with Gasteiger partial charge in [0.1, 0.15) is 0 Å². The second-order valence-corrected chi connectivity index (χ2v) is 5.70. The van der Waals surface area contributed by atoms with Crippen LogP contribution < -0.4 is 5.32 Å². The Morgan fingerprint density at radius 3 is 2.37 bits per heavy atom. The Balaban J connectivity index is 2.48. The van der Waals surface area contributed by atoms with E-state index in [9.17, 15) is 4.79 Å². The Bertz CT molecular complexity index is 449. The van der Waals surface area contributed by atoms with E-state index in [2.05, 4.69) is 32.2 Å². The van der Waals surface area contributed by atoms with Gasteiger partial charge in [-0.2, -0.15) is 5.26 Å². The maximum Gasteiger partial charge on any atom is 0.251 e. The predicted molar refractivity (Wildman–Crippen MR) is 76.9 cm³/mol. The summed E-state index contributed by atoms with van der Waals surface area (Å²) in [6.45, 7) is 7.08. The monoisotopic (exact) mass is 258 g/mol. The first-order valence-corrected chi connectivity index (χ1v) is 6.71. The van der Waals surface area contributed by atoms with Crippen LogP contribution in [-0.2, 0) is 5.41 Å². The van der Waals surface area contributed by atoms with Crippen molar-refractivity contribution in [3.63, 3.8) is 0 Å². The minimum Gasteiger partial charge on any atom is -0.352 e. The van der Waals surface area contributed by atoms with E-state index in [1.165, 1.54) is 5.56 Å². The summed E-state index contributed by atoms with van der Waals surface area (Å²) in [7, 11) is 0. The van der Waals surface area contributed by atoms with E-state index in [1.54, 1.807) is 0 Å². The number of nitrogens with one attached hydrogen (secondary N) is 1. The minimum atomic E-state index is -0.0441. The molecule has 1 amide bonds. The second-order valence-electron chi connectivity index (χ2n) is 5.70. The average Bonchev–Trinajstić information content (AvgIpc) is 2.37. The highest BCUT2D eigenvalue weighted by Gasteiger charge is 2.14. The number of hydrogen-bond donors (Lipinski definition) is 1. The third-order valence-corrected chi connectivity index (χ3v) is 3.01. The first kappa shape index (κ1) is 15.2. The summed E-state index contributed by atoms with van der Waals surface area (Å²) < 4.78 is 0. The molecule has 19 heavy (non-hydrogen) atoms. The number of nitrogens with zero attached hydrogens (tertiary/aromatic N) is 1. The minimum absolute atomic E-state index is 0.0441. The number of benzene rings is 1. The lowest BCUT2D eigenvalue weighted by molar-refractivity contribution is 0.0953. The quantitative estimate of drug-likeness (QED) is 0.823. The van der Waals surface area contributed by atoms with E-state index in [0.717, 1.165) is 12.8 Å². The maximum atomic E-state index is 11.9. The molecular weight excluding hydrogens is 236 g/mol. The summed E-state index contributed by atoms with van der Waals surface area (Å²) in [5, 5.41) is 11.3. The number of hydrogen-bond acceptors (Lipinski definition) is 2. The van der Waals surface area contributed by atoms with Crippen LogP contribution >= 0.6 is 0 Å². The molecule has 1 rings (SSSR count). The largest absolute Gasteiger partial charge is 0.352 e. The van der Waals surface area contributed by atoms with Gasteiger partial charge in [0.2, 0.25) is 0 Å². The first-order chi connectivity index (χ1) is 8.95. The van der Waals surface area contributed by atoms with Gasteiger partial charge in [-0.05, 0) is 36.0 Å². The molecule has 0 heterocycles. The molecule has 1 aromatic rings. The number of amides is 1. The third kappa shape index (κ3) is 5.13. The van der Waals surface area contributed by atoms with E-state index in [0.29, 0.717) is 18.5 Å². The topological polar surface area (TPSA) is 52.9 Å². The van der Waals surface area contributed by atoms with Crippen molar-refractivity contribution in [1.82, 2.24) is 5.32 Å². The summed E-state index contributed by atoms with van der Waals surface area (Å²) in [6, 6.07) is 9.84. The van der Waals surface area contributed by atoms with Gasteiger partial charge in [-0.25, -0.2) is 0 Å². The first-order valence-electron chi connectivity index (χ1n) is 6.71. The van der Waals surface area contributed by atoms with Crippen molar-refractivity contribution in [1.29, 1.82) is 5.26 Å². The zero-order valence-corrected chi connectivity index (χ0v) is 12.0. The zero-order chi connectivity index (χ0) is 14.3. The second kappa shape index (κ2) is 6.94. The van der Waals surface area contributed by atoms with Gasteiger partial charge in [0.15, 0.2) is 0 Å². The Morgan fingerprint density at radius 2 is 1.84 bits per heavy atom. The number of carbonyl (C=O) groups excluding carboxylic acids is 1. The molecule has 0 fully saturated rings. The molecule has 3 nitrogen and oxygen atoms in total. The lowest BCUT2D eigenvalue weighted by Gasteiger charge is -2.19. The summed E-state index contributed by atoms with van der Waals surface area (Å²) >= 11 is 0. The highest BCUT2D eigenvalue weighted by atomic mass is 16.1. The van der Waals surface area contributed by atoms with Gasteiger partial charge in [0, 0.05) is 18.5 Å². The molecule has 0 atom stereocenters. The van der Waals surface area contributed by atoms with Crippen LogP contribution in [-0.4, -0.2) is 12.5 Å². The number of nitriles is 1.